The summed E-state index contributed by atoms with van der Waals surface area (Å²) in [6, 6.07) is 0. The van der Waals surface area contributed by atoms with Crippen LogP contribution in [-0.2, 0) is 9.47 Å². The summed E-state index contributed by atoms with van der Waals surface area (Å²) in [6.45, 7) is 9.47. The maximum Gasteiger partial charge on any atom is 0.0844 e. The average molecular weight is 389 g/mol. The summed E-state index contributed by atoms with van der Waals surface area (Å²) in [4.78, 5) is 0. The zero-order valence-corrected chi connectivity index (χ0v) is 18.9. The standard InChI is InChI=1S/C26H44O2/c1-17(2)21(19-11-13-23-25(15-19)27-23)9-7-5-6-8-10-22(18(3)4)20-12-14-24-26(16-20)28-24/h19-26H,5-16H2,1-4H3. The van der Waals surface area contributed by atoms with Crippen molar-refractivity contribution in [2.24, 2.45) is 23.7 Å². The van der Waals surface area contributed by atoms with E-state index in [4.69, 9.17) is 9.47 Å². The second-order valence-electron chi connectivity index (χ2n) is 10.9. The van der Waals surface area contributed by atoms with Crippen molar-refractivity contribution < 1.29 is 9.47 Å². The van der Waals surface area contributed by atoms with E-state index in [0.717, 1.165) is 23.7 Å². The van der Waals surface area contributed by atoms with Gasteiger partial charge in [0.2, 0.25) is 0 Å². The molecule has 4 rings (SSSR count). The van der Waals surface area contributed by atoms with Crippen LogP contribution in [0.25, 0.3) is 0 Å². The molecule has 2 heterocycles. The van der Waals surface area contributed by atoms with Crippen LogP contribution in [0.5, 0.6) is 0 Å². The lowest BCUT2D eigenvalue weighted by atomic mass is 9.72. The third-order valence-electron chi connectivity index (χ3n) is 8.49. The average Bonchev–Trinajstić information content (AvgIpc) is 3.56. The smallest absolute Gasteiger partial charge is 0.0844 e. The highest BCUT2D eigenvalue weighted by Crippen LogP contribution is 2.46. The van der Waals surface area contributed by atoms with Gasteiger partial charge in [0.05, 0.1) is 24.4 Å². The molecule has 0 bridgehead atoms. The van der Waals surface area contributed by atoms with Gasteiger partial charge in [-0.3, -0.25) is 0 Å². The Balaban J connectivity index is 1.12. The van der Waals surface area contributed by atoms with Crippen molar-refractivity contribution in [3.8, 4) is 0 Å². The Kier molecular flexibility index (Phi) is 7.09. The zero-order valence-electron chi connectivity index (χ0n) is 18.9. The van der Waals surface area contributed by atoms with E-state index in [1.807, 2.05) is 0 Å². The van der Waals surface area contributed by atoms with Gasteiger partial charge in [0.15, 0.2) is 0 Å². The Morgan fingerprint density at radius 1 is 0.607 bits per heavy atom. The van der Waals surface area contributed by atoms with E-state index in [1.54, 1.807) is 11.8 Å². The van der Waals surface area contributed by atoms with Crippen LogP contribution in [0.2, 0.25) is 0 Å². The van der Waals surface area contributed by atoms with Gasteiger partial charge in [-0.05, 0) is 86.9 Å². The van der Waals surface area contributed by atoms with Crippen LogP contribution in [-0.4, -0.2) is 24.4 Å². The SMILES string of the molecule is C[C](C)C(CCCCCCC([C](C)C)C1CCC2OC2C1)C1CCC2OC2C1. The highest BCUT2D eigenvalue weighted by molar-refractivity contribution is 5.00. The number of rotatable bonds is 11. The number of hydrogen-bond acceptors (Lipinski definition) is 2. The van der Waals surface area contributed by atoms with Crippen LogP contribution in [0.15, 0.2) is 0 Å². The maximum absolute atomic E-state index is 5.78. The molecule has 2 radical (unpaired) electrons. The van der Waals surface area contributed by atoms with Crippen molar-refractivity contribution in [1.29, 1.82) is 0 Å². The lowest BCUT2D eigenvalue weighted by Crippen LogP contribution is -2.25. The van der Waals surface area contributed by atoms with E-state index in [0.29, 0.717) is 24.4 Å². The molecule has 0 aromatic heterocycles. The van der Waals surface area contributed by atoms with Crippen molar-refractivity contribution in [3.63, 3.8) is 0 Å². The quantitative estimate of drug-likeness (QED) is 0.283. The second kappa shape index (κ2) is 9.38. The third-order valence-corrected chi connectivity index (χ3v) is 8.49. The minimum atomic E-state index is 0.627. The molecule has 0 spiro atoms. The van der Waals surface area contributed by atoms with Crippen LogP contribution in [0.3, 0.4) is 0 Å². The summed E-state index contributed by atoms with van der Waals surface area (Å²) in [5, 5.41) is 0. The van der Waals surface area contributed by atoms with Gasteiger partial charge in [-0.2, -0.15) is 0 Å². The molecule has 2 saturated heterocycles. The molecule has 2 aliphatic carbocycles. The van der Waals surface area contributed by atoms with Gasteiger partial charge in [-0.15, -0.1) is 0 Å². The number of fused-ring (bicyclic) bond motifs is 2. The fraction of sp³-hybridized carbons (Fsp3) is 0.923. The van der Waals surface area contributed by atoms with Crippen molar-refractivity contribution >= 4 is 0 Å². The van der Waals surface area contributed by atoms with Gasteiger partial charge in [-0.1, -0.05) is 53.4 Å². The molecular weight excluding hydrogens is 344 g/mol. The topological polar surface area (TPSA) is 25.1 Å². The van der Waals surface area contributed by atoms with E-state index in [-0.39, 0.29) is 0 Å². The van der Waals surface area contributed by atoms with Gasteiger partial charge >= 0.3 is 0 Å². The van der Waals surface area contributed by atoms with Crippen molar-refractivity contribution in [2.75, 3.05) is 0 Å². The summed E-state index contributed by atoms with van der Waals surface area (Å²) in [5.41, 5.74) is 0. The summed E-state index contributed by atoms with van der Waals surface area (Å²) in [6.07, 6.45) is 19.2. The number of epoxide rings is 2. The summed E-state index contributed by atoms with van der Waals surface area (Å²) in [5.74, 6) is 6.82. The Morgan fingerprint density at radius 3 is 1.39 bits per heavy atom. The Labute approximate surface area is 174 Å². The van der Waals surface area contributed by atoms with Gasteiger partial charge < -0.3 is 9.47 Å². The summed E-state index contributed by atoms with van der Waals surface area (Å²) in [7, 11) is 0. The molecule has 160 valence electrons. The predicted molar refractivity (Wildman–Crippen MR) is 116 cm³/mol. The van der Waals surface area contributed by atoms with E-state index >= 15 is 0 Å². The summed E-state index contributed by atoms with van der Waals surface area (Å²) >= 11 is 0. The lowest BCUT2D eigenvalue weighted by molar-refractivity contribution is 0.248. The minimum absolute atomic E-state index is 0.627. The molecule has 4 fully saturated rings. The molecule has 4 aliphatic rings. The van der Waals surface area contributed by atoms with Gasteiger partial charge in [0, 0.05) is 0 Å². The van der Waals surface area contributed by atoms with Crippen molar-refractivity contribution in [3.05, 3.63) is 11.8 Å². The Bertz CT molecular complexity index is 443. The first-order valence-corrected chi connectivity index (χ1v) is 12.4. The molecule has 8 unspecified atom stereocenters. The van der Waals surface area contributed by atoms with Gasteiger partial charge in [-0.25, -0.2) is 0 Å². The molecule has 0 aromatic carbocycles. The highest BCUT2D eigenvalue weighted by atomic mass is 16.6. The van der Waals surface area contributed by atoms with Crippen LogP contribution in [0.1, 0.15) is 105 Å². The molecule has 28 heavy (non-hydrogen) atoms. The normalized spacial score (nSPS) is 38.8. The maximum atomic E-state index is 5.78. The number of hydrogen-bond donors (Lipinski definition) is 0. The van der Waals surface area contributed by atoms with E-state index in [2.05, 4.69) is 27.7 Å². The number of ether oxygens (including phenoxy) is 2. The van der Waals surface area contributed by atoms with Gasteiger partial charge in [0.1, 0.15) is 0 Å². The molecule has 0 aromatic rings. The Hall–Kier alpha value is -0.0800. The van der Waals surface area contributed by atoms with Crippen molar-refractivity contribution in [1.82, 2.24) is 0 Å². The first-order chi connectivity index (χ1) is 13.5. The first-order valence-electron chi connectivity index (χ1n) is 12.4. The first kappa shape index (κ1) is 21.2. The van der Waals surface area contributed by atoms with E-state index < -0.39 is 0 Å². The zero-order chi connectivity index (χ0) is 19.7. The molecular formula is C26H44O2. The van der Waals surface area contributed by atoms with E-state index in [9.17, 15) is 0 Å². The largest absolute Gasteiger partial charge is 0.370 e. The molecule has 8 atom stereocenters. The van der Waals surface area contributed by atoms with Crippen LogP contribution >= 0.6 is 0 Å². The van der Waals surface area contributed by atoms with Gasteiger partial charge in [0.25, 0.3) is 0 Å². The highest BCUT2D eigenvalue weighted by Gasteiger charge is 2.46. The van der Waals surface area contributed by atoms with Crippen molar-refractivity contribution in [2.45, 2.75) is 129 Å². The summed E-state index contributed by atoms with van der Waals surface area (Å²) < 4.78 is 11.6. The Morgan fingerprint density at radius 2 is 1.04 bits per heavy atom. The monoisotopic (exact) mass is 388 g/mol. The molecule has 2 saturated carbocycles. The molecule has 2 heteroatoms. The molecule has 0 amide bonds. The lowest BCUT2D eigenvalue weighted by Gasteiger charge is -2.32. The van der Waals surface area contributed by atoms with Crippen LogP contribution in [0.4, 0.5) is 0 Å². The van der Waals surface area contributed by atoms with E-state index in [1.165, 1.54) is 77.0 Å². The molecule has 0 N–H and O–H groups in total. The van der Waals surface area contributed by atoms with Crippen LogP contribution in [0, 0.1) is 35.5 Å². The fourth-order valence-corrected chi connectivity index (χ4v) is 6.67. The minimum Gasteiger partial charge on any atom is -0.370 e. The predicted octanol–water partition coefficient (Wildman–Crippen LogP) is 6.92. The molecule has 2 aliphatic heterocycles. The fourth-order valence-electron chi connectivity index (χ4n) is 6.67. The number of unbranched alkanes of at least 4 members (excludes halogenated alkanes) is 3. The third kappa shape index (κ3) is 5.34. The second-order valence-corrected chi connectivity index (χ2v) is 10.9. The van der Waals surface area contributed by atoms with Crippen LogP contribution < -0.4 is 0 Å². The molecule has 2 nitrogen and oxygen atoms in total.